The fourth-order valence-electron chi connectivity index (χ4n) is 3.05. The van der Waals surface area contributed by atoms with Gasteiger partial charge in [0.15, 0.2) is 5.84 Å². The molecule has 0 aromatic heterocycles. The van der Waals surface area contributed by atoms with Gasteiger partial charge in [0.1, 0.15) is 5.41 Å². The van der Waals surface area contributed by atoms with Gasteiger partial charge in [0.05, 0.1) is 0 Å². The molecule has 0 bridgehead atoms. The number of amidine groups is 1. The fraction of sp³-hybridized carbons (Fsp3) is 0.857. The predicted molar refractivity (Wildman–Crippen MR) is 76.1 cm³/mol. The summed E-state index contributed by atoms with van der Waals surface area (Å²) in [6.07, 6.45) is 5.89. The van der Waals surface area contributed by atoms with E-state index in [-0.39, 0.29) is 17.3 Å². The molecule has 0 atom stereocenters. The van der Waals surface area contributed by atoms with Crippen molar-refractivity contribution in [2.24, 2.45) is 16.3 Å². The Balaban J connectivity index is 2.96. The van der Waals surface area contributed by atoms with Gasteiger partial charge in [0, 0.05) is 5.54 Å². The molecule has 0 saturated heterocycles. The van der Waals surface area contributed by atoms with Gasteiger partial charge in [-0.05, 0) is 32.1 Å². The summed E-state index contributed by atoms with van der Waals surface area (Å²) in [5, 5.41) is 15.2. The molecule has 19 heavy (non-hydrogen) atoms. The zero-order valence-corrected chi connectivity index (χ0v) is 12.3. The lowest BCUT2D eigenvalue weighted by Crippen LogP contribution is -2.56. The molecule has 1 fully saturated rings. The summed E-state index contributed by atoms with van der Waals surface area (Å²) in [5.74, 6) is -0.0226. The molecule has 0 heterocycles. The standard InChI is InChI=1S/C14H27N3O2/c1-4-13(5-2,6-3)16-12(18)14(11(15)17-19)9-7-8-10-14/h19H,4-10H2,1-3H3,(H2,15,17)(H,16,18). The minimum Gasteiger partial charge on any atom is -0.409 e. The molecule has 1 saturated carbocycles. The SMILES string of the molecule is CCC(CC)(CC)NC(=O)C1(C(N)=NO)CCCC1. The van der Waals surface area contributed by atoms with Gasteiger partial charge >= 0.3 is 0 Å². The number of rotatable bonds is 6. The summed E-state index contributed by atoms with van der Waals surface area (Å²) in [4.78, 5) is 12.7. The molecule has 1 aliphatic rings. The Kier molecular flexibility index (Phi) is 5.20. The number of carbonyl (C=O) groups excluding carboxylic acids is 1. The molecule has 0 aliphatic heterocycles. The van der Waals surface area contributed by atoms with Crippen molar-refractivity contribution in [3.63, 3.8) is 0 Å². The second-order valence-corrected chi connectivity index (χ2v) is 5.57. The Morgan fingerprint density at radius 2 is 1.74 bits per heavy atom. The summed E-state index contributed by atoms with van der Waals surface area (Å²) in [5.41, 5.74) is 4.81. The maximum absolute atomic E-state index is 12.7. The van der Waals surface area contributed by atoms with Gasteiger partial charge in [-0.25, -0.2) is 0 Å². The number of nitrogens with two attached hydrogens (primary N) is 1. The number of amides is 1. The number of nitrogens with zero attached hydrogens (tertiary/aromatic N) is 1. The molecule has 0 aromatic rings. The molecule has 1 aliphatic carbocycles. The van der Waals surface area contributed by atoms with Crippen LogP contribution in [0.25, 0.3) is 0 Å². The van der Waals surface area contributed by atoms with Crippen molar-refractivity contribution in [3.05, 3.63) is 0 Å². The zero-order chi connectivity index (χ0) is 14.5. The van der Waals surface area contributed by atoms with E-state index in [1.54, 1.807) is 0 Å². The summed E-state index contributed by atoms with van der Waals surface area (Å²) in [7, 11) is 0. The number of nitrogens with one attached hydrogen (secondary N) is 1. The molecular weight excluding hydrogens is 242 g/mol. The average Bonchev–Trinajstić information content (AvgIpc) is 2.94. The van der Waals surface area contributed by atoms with Crippen molar-refractivity contribution >= 4 is 11.7 Å². The Hall–Kier alpha value is -1.26. The highest BCUT2D eigenvalue weighted by Gasteiger charge is 2.47. The average molecular weight is 269 g/mol. The summed E-state index contributed by atoms with van der Waals surface area (Å²) in [6, 6.07) is 0. The smallest absolute Gasteiger partial charge is 0.234 e. The Morgan fingerprint density at radius 1 is 1.26 bits per heavy atom. The monoisotopic (exact) mass is 269 g/mol. The molecule has 5 nitrogen and oxygen atoms in total. The van der Waals surface area contributed by atoms with Crippen molar-refractivity contribution in [2.45, 2.75) is 71.3 Å². The third-order valence-corrected chi connectivity index (χ3v) is 4.90. The van der Waals surface area contributed by atoms with E-state index in [0.717, 1.165) is 32.1 Å². The van der Waals surface area contributed by atoms with Crippen LogP contribution in [0.2, 0.25) is 0 Å². The predicted octanol–water partition coefficient (Wildman–Crippen LogP) is 2.38. The summed E-state index contributed by atoms with van der Waals surface area (Å²) >= 11 is 0. The van der Waals surface area contributed by atoms with E-state index in [4.69, 9.17) is 10.9 Å². The van der Waals surface area contributed by atoms with Crippen molar-refractivity contribution in [1.29, 1.82) is 0 Å². The van der Waals surface area contributed by atoms with Crippen LogP contribution in [0.4, 0.5) is 0 Å². The first kappa shape index (κ1) is 15.8. The molecule has 110 valence electrons. The third-order valence-electron chi connectivity index (χ3n) is 4.90. The molecule has 0 aromatic carbocycles. The normalized spacial score (nSPS) is 19.4. The van der Waals surface area contributed by atoms with Crippen molar-refractivity contribution in [2.75, 3.05) is 0 Å². The van der Waals surface area contributed by atoms with Gasteiger partial charge < -0.3 is 16.3 Å². The quantitative estimate of drug-likeness (QED) is 0.299. The highest BCUT2D eigenvalue weighted by atomic mass is 16.4. The second-order valence-electron chi connectivity index (χ2n) is 5.57. The minimum atomic E-state index is -0.806. The van der Waals surface area contributed by atoms with Crippen LogP contribution in [-0.4, -0.2) is 22.5 Å². The van der Waals surface area contributed by atoms with Gasteiger partial charge in [0.2, 0.25) is 5.91 Å². The van der Waals surface area contributed by atoms with E-state index in [2.05, 4.69) is 31.2 Å². The molecule has 5 heteroatoms. The largest absolute Gasteiger partial charge is 0.409 e. The highest BCUT2D eigenvalue weighted by Crippen LogP contribution is 2.39. The second kappa shape index (κ2) is 6.26. The molecule has 0 unspecified atom stereocenters. The number of carbonyl (C=O) groups is 1. The molecule has 1 rings (SSSR count). The van der Waals surface area contributed by atoms with Gasteiger partial charge in [-0.3, -0.25) is 4.79 Å². The van der Waals surface area contributed by atoms with E-state index in [1.807, 2.05) is 0 Å². The van der Waals surface area contributed by atoms with Gasteiger partial charge in [-0.2, -0.15) is 0 Å². The van der Waals surface area contributed by atoms with Crippen LogP contribution in [0.1, 0.15) is 65.7 Å². The van der Waals surface area contributed by atoms with E-state index in [1.165, 1.54) is 0 Å². The van der Waals surface area contributed by atoms with Crippen molar-refractivity contribution in [1.82, 2.24) is 5.32 Å². The highest BCUT2D eigenvalue weighted by molar-refractivity contribution is 6.07. The maximum Gasteiger partial charge on any atom is 0.234 e. The van der Waals surface area contributed by atoms with Crippen molar-refractivity contribution in [3.8, 4) is 0 Å². The Morgan fingerprint density at radius 3 is 2.11 bits per heavy atom. The maximum atomic E-state index is 12.7. The Bertz CT molecular complexity index is 334. The van der Waals surface area contributed by atoms with Gasteiger partial charge in [0.25, 0.3) is 0 Å². The van der Waals surface area contributed by atoms with Crippen LogP contribution in [-0.2, 0) is 4.79 Å². The van der Waals surface area contributed by atoms with E-state index >= 15 is 0 Å². The van der Waals surface area contributed by atoms with Gasteiger partial charge in [-0.1, -0.05) is 38.8 Å². The summed E-state index contributed by atoms with van der Waals surface area (Å²) < 4.78 is 0. The third kappa shape index (κ3) is 2.85. The van der Waals surface area contributed by atoms with Crippen LogP contribution in [0.3, 0.4) is 0 Å². The summed E-state index contributed by atoms with van der Waals surface area (Å²) in [6.45, 7) is 6.24. The number of hydrogen-bond donors (Lipinski definition) is 3. The van der Waals surface area contributed by atoms with Crippen LogP contribution >= 0.6 is 0 Å². The molecule has 0 spiro atoms. The van der Waals surface area contributed by atoms with Crippen molar-refractivity contribution < 1.29 is 10.0 Å². The van der Waals surface area contributed by atoms with Crippen LogP contribution < -0.4 is 11.1 Å². The van der Waals surface area contributed by atoms with E-state index in [0.29, 0.717) is 12.8 Å². The topological polar surface area (TPSA) is 87.7 Å². The van der Waals surface area contributed by atoms with Crippen LogP contribution in [0.5, 0.6) is 0 Å². The first-order valence-corrected chi connectivity index (χ1v) is 7.31. The molecular formula is C14H27N3O2. The van der Waals surface area contributed by atoms with Crippen LogP contribution in [0, 0.1) is 5.41 Å². The fourth-order valence-corrected chi connectivity index (χ4v) is 3.05. The lowest BCUT2D eigenvalue weighted by molar-refractivity contribution is -0.129. The number of hydrogen-bond acceptors (Lipinski definition) is 3. The lowest BCUT2D eigenvalue weighted by atomic mass is 9.81. The van der Waals surface area contributed by atoms with E-state index in [9.17, 15) is 4.79 Å². The minimum absolute atomic E-state index is 0.0553. The lowest BCUT2D eigenvalue weighted by Gasteiger charge is -2.36. The molecule has 1 amide bonds. The van der Waals surface area contributed by atoms with E-state index < -0.39 is 5.41 Å². The molecule has 0 radical (unpaired) electrons. The molecule has 4 N–H and O–H groups in total. The Labute approximate surface area is 115 Å². The first-order valence-electron chi connectivity index (χ1n) is 7.31. The zero-order valence-electron chi connectivity index (χ0n) is 12.3. The van der Waals surface area contributed by atoms with Gasteiger partial charge in [-0.15, -0.1) is 0 Å². The van der Waals surface area contributed by atoms with Crippen LogP contribution in [0.15, 0.2) is 5.16 Å². The number of oxime groups is 1. The first-order chi connectivity index (χ1) is 9.00.